The van der Waals surface area contributed by atoms with Crippen LogP contribution in [0.3, 0.4) is 0 Å². The van der Waals surface area contributed by atoms with Crippen molar-refractivity contribution in [1.82, 2.24) is 9.88 Å². The van der Waals surface area contributed by atoms with Gasteiger partial charge >= 0.3 is 18.3 Å². The molecule has 3 aromatic rings. The van der Waals surface area contributed by atoms with Crippen molar-refractivity contribution in [3.63, 3.8) is 0 Å². The largest absolute Gasteiger partial charge is 0.478 e. The minimum Gasteiger partial charge on any atom is -0.478 e. The molecular weight excluding hydrogens is 627 g/mol. The van der Waals surface area contributed by atoms with Gasteiger partial charge in [-0.1, -0.05) is 30.0 Å². The normalized spacial score (nSPS) is 14.9. The third-order valence-electron chi connectivity index (χ3n) is 5.85. The molecule has 2 amide bonds. The monoisotopic (exact) mass is 643 g/mol. The number of amides is 2. The first-order valence-electron chi connectivity index (χ1n) is 11.9. The first-order valence-corrected chi connectivity index (χ1v) is 13.1. The molecule has 1 aromatic heterocycles. The molecule has 0 saturated carbocycles. The lowest BCUT2D eigenvalue weighted by molar-refractivity contribution is -0.143. The number of thiocarbonyl (C=S) groups is 1. The Hall–Kier alpha value is -4.31. The van der Waals surface area contributed by atoms with E-state index in [-0.39, 0.29) is 45.3 Å². The van der Waals surface area contributed by atoms with Gasteiger partial charge in [0.25, 0.3) is 5.91 Å². The van der Waals surface area contributed by atoms with Gasteiger partial charge in [0.15, 0.2) is 0 Å². The molecule has 0 aliphatic carbocycles. The van der Waals surface area contributed by atoms with Crippen molar-refractivity contribution in [3.05, 3.63) is 87.7 Å². The number of hydrogen-bond acceptors (Lipinski definition) is 6. The number of aromatic nitrogens is 1. The molecule has 7 nitrogen and oxygen atoms in total. The molecule has 0 spiro atoms. The zero-order chi connectivity index (χ0) is 31.7. The summed E-state index contributed by atoms with van der Waals surface area (Å²) in [4.78, 5) is 41.4. The van der Waals surface area contributed by atoms with Gasteiger partial charge in [0, 0.05) is 24.2 Å². The summed E-state index contributed by atoms with van der Waals surface area (Å²) in [6.45, 7) is -0.179. The van der Waals surface area contributed by atoms with Gasteiger partial charge in [-0.05, 0) is 54.6 Å². The Morgan fingerprint density at radius 2 is 1.65 bits per heavy atom. The van der Waals surface area contributed by atoms with Crippen LogP contribution in [0.25, 0.3) is 17.3 Å². The summed E-state index contributed by atoms with van der Waals surface area (Å²) in [7, 11) is 0. The SMILES string of the molecule is O=C(CCN1C(=O)C(=Cc2cccc(-c3cc(C(F)(F)F)cc(C(F)(F)F)c3)n2)SC1=S)Nc1ccc(C(=O)O)c(F)c1. The highest BCUT2D eigenvalue weighted by Gasteiger charge is 2.37. The van der Waals surface area contributed by atoms with E-state index in [1.165, 1.54) is 30.3 Å². The molecule has 1 aliphatic heterocycles. The van der Waals surface area contributed by atoms with Crippen LogP contribution in [0.5, 0.6) is 0 Å². The number of carboxylic acids is 1. The Balaban J connectivity index is 1.49. The van der Waals surface area contributed by atoms with Crippen LogP contribution in [-0.4, -0.2) is 43.6 Å². The van der Waals surface area contributed by atoms with E-state index in [1.54, 1.807) is 0 Å². The van der Waals surface area contributed by atoms with Crippen molar-refractivity contribution >= 4 is 57.8 Å². The molecule has 0 radical (unpaired) electrons. The quantitative estimate of drug-likeness (QED) is 0.165. The number of rotatable bonds is 7. The summed E-state index contributed by atoms with van der Waals surface area (Å²) < 4.78 is 93.6. The highest BCUT2D eigenvalue weighted by atomic mass is 32.2. The van der Waals surface area contributed by atoms with E-state index in [0.717, 1.165) is 28.8 Å². The molecule has 1 fully saturated rings. The van der Waals surface area contributed by atoms with Crippen LogP contribution < -0.4 is 5.32 Å². The van der Waals surface area contributed by atoms with Crippen LogP contribution in [0.1, 0.15) is 33.6 Å². The van der Waals surface area contributed by atoms with Crippen molar-refractivity contribution in [2.45, 2.75) is 18.8 Å². The minimum absolute atomic E-state index is 0.00624. The van der Waals surface area contributed by atoms with Crippen molar-refractivity contribution in [3.8, 4) is 11.3 Å². The second-order valence-electron chi connectivity index (χ2n) is 8.87. The summed E-state index contributed by atoms with van der Waals surface area (Å²) in [6.07, 6.45) is -9.10. The van der Waals surface area contributed by atoms with Crippen molar-refractivity contribution in [2.75, 3.05) is 11.9 Å². The number of pyridine rings is 1. The summed E-state index contributed by atoms with van der Waals surface area (Å²) in [5.41, 5.74) is -4.18. The Labute approximate surface area is 247 Å². The van der Waals surface area contributed by atoms with Crippen LogP contribution in [0.2, 0.25) is 0 Å². The fourth-order valence-corrected chi connectivity index (χ4v) is 5.12. The molecule has 43 heavy (non-hydrogen) atoms. The number of carbonyl (C=O) groups excluding carboxylic acids is 2. The van der Waals surface area contributed by atoms with Crippen molar-refractivity contribution in [2.24, 2.45) is 0 Å². The molecule has 1 aliphatic rings. The third-order valence-corrected chi connectivity index (χ3v) is 7.23. The zero-order valence-electron chi connectivity index (χ0n) is 21.2. The maximum atomic E-state index is 13.9. The number of hydrogen-bond donors (Lipinski definition) is 2. The van der Waals surface area contributed by atoms with Gasteiger partial charge in [-0.2, -0.15) is 26.3 Å². The van der Waals surface area contributed by atoms with E-state index in [0.29, 0.717) is 12.1 Å². The Bertz CT molecular complexity index is 1640. The van der Waals surface area contributed by atoms with E-state index in [4.69, 9.17) is 17.3 Å². The molecule has 2 aromatic carbocycles. The third kappa shape index (κ3) is 7.56. The van der Waals surface area contributed by atoms with E-state index in [2.05, 4.69) is 10.3 Å². The first-order chi connectivity index (χ1) is 20.0. The van der Waals surface area contributed by atoms with Gasteiger partial charge < -0.3 is 10.4 Å². The number of aromatic carboxylic acids is 1. The van der Waals surface area contributed by atoms with Crippen LogP contribution in [-0.2, 0) is 21.9 Å². The number of thioether (sulfide) groups is 1. The van der Waals surface area contributed by atoms with Crippen LogP contribution >= 0.6 is 24.0 Å². The minimum atomic E-state index is -5.04. The second kappa shape index (κ2) is 12.1. The van der Waals surface area contributed by atoms with E-state index < -0.39 is 58.2 Å². The predicted molar refractivity (Wildman–Crippen MR) is 146 cm³/mol. The average molecular weight is 644 g/mol. The zero-order valence-corrected chi connectivity index (χ0v) is 22.8. The average Bonchev–Trinajstić information content (AvgIpc) is 3.17. The second-order valence-corrected chi connectivity index (χ2v) is 10.5. The standard InChI is InChI=1S/C27H16F7N3O4S2/c28-19-11-17(4-5-18(19)24(40)41)36-22(38)6-7-37-23(39)21(43-25(37)42)12-16-2-1-3-20(35-16)13-8-14(26(29,30)31)10-15(9-13)27(32,33)34/h1-5,8-12H,6-7H2,(H,36,38)(H,40,41). The number of carboxylic acid groups (broad SMARTS) is 1. The van der Waals surface area contributed by atoms with Crippen LogP contribution in [0.4, 0.5) is 36.4 Å². The van der Waals surface area contributed by atoms with Crippen LogP contribution in [0.15, 0.2) is 59.5 Å². The van der Waals surface area contributed by atoms with E-state index >= 15 is 0 Å². The van der Waals surface area contributed by atoms with Gasteiger partial charge in [0.05, 0.1) is 33.0 Å². The Morgan fingerprint density at radius 3 is 2.23 bits per heavy atom. The van der Waals surface area contributed by atoms with Gasteiger partial charge in [-0.25, -0.2) is 14.2 Å². The lowest BCUT2D eigenvalue weighted by atomic mass is 10.0. The van der Waals surface area contributed by atoms with Crippen molar-refractivity contribution < 1.29 is 50.2 Å². The summed E-state index contributed by atoms with van der Waals surface area (Å²) in [6, 6.07) is 8.04. The fourth-order valence-electron chi connectivity index (χ4n) is 3.83. The number of alkyl halides is 6. The maximum absolute atomic E-state index is 13.9. The molecule has 224 valence electrons. The first kappa shape index (κ1) is 31.6. The Kier molecular flexibility index (Phi) is 8.92. The molecule has 2 N–H and O–H groups in total. The highest BCUT2D eigenvalue weighted by Crippen LogP contribution is 2.39. The summed E-state index contributed by atoms with van der Waals surface area (Å²) in [5.74, 6) is -3.79. The summed E-state index contributed by atoms with van der Waals surface area (Å²) >= 11 is 6.05. The van der Waals surface area contributed by atoms with Gasteiger partial charge in [-0.15, -0.1) is 0 Å². The highest BCUT2D eigenvalue weighted by molar-refractivity contribution is 8.26. The van der Waals surface area contributed by atoms with Crippen LogP contribution in [0, 0.1) is 5.82 Å². The molecular formula is C27H16F7N3O4S2. The molecule has 0 unspecified atom stereocenters. The predicted octanol–water partition coefficient (Wildman–Crippen LogP) is 6.85. The lowest BCUT2D eigenvalue weighted by Gasteiger charge is -2.14. The van der Waals surface area contributed by atoms with Crippen molar-refractivity contribution in [1.29, 1.82) is 0 Å². The number of benzene rings is 2. The summed E-state index contributed by atoms with van der Waals surface area (Å²) in [5, 5.41) is 11.3. The number of nitrogens with zero attached hydrogens (tertiary/aromatic N) is 2. The number of halogens is 7. The smallest absolute Gasteiger partial charge is 0.416 e. The maximum Gasteiger partial charge on any atom is 0.416 e. The van der Waals surface area contributed by atoms with E-state index in [1.807, 2.05) is 0 Å². The van der Waals surface area contributed by atoms with Gasteiger partial charge in [-0.3, -0.25) is 14.5 Å². The van der Waals surface area contributed by atoms with Gasteiger partial charge in [0.2, 0.25) is 5.91 Å². The van der Waals surface area contributed by atoms with Gasteiger partial charge in [0.1, 0.15) is 10.1 Å². The molecule has 1 saturated heterocycles. The molecule has 0 bridgehead atoms. The molecule has 16 heteroatoms. The molecule has 2 heterocycles. The molecule has 0 atom stereocenters. The lowest BCUT2D eigenvalue weighted by Crippen LogP contribution is -2.31. The van der Waals surface area contributed by atoms with E-state index in [9.17, 15) is 45.1 Å². The number of carbonyl (C=O) groups is 3. The topological polar surface area (TPSA) is 99.6 Å². The fraction of sp³-hybridized carbons (Fsp3) is 0.148. The number of nitrogens with one attached hydrogen (secondary N) is 1. The number of anilines is 1. The molecule has 4 rings (SSSR count). The Morgan fingerprint density at radius 1 is 1.00 bits per heavy atom.